The molecule has 1 fully saturated rings. The van der Waals surface area contributed by atoms with Gasteiger partial charge in [0, 0.05) is 37.1 Å². The minimum absolute atomic E-state index is 0.0434. The second-order valence-electron chi connectivity index (χ2n) is 7.41. The zero-order chi connectivity index (χ0) is 20.3. The molecule has 1 aliphatic rings. The lowest BCUT2D eigenvalue weighted by Crippen LogP contribution is -2.39. The van der Waals surface area contributed by atoms with E-state index in [0.29, 0.717) is 11.0 Å². The monoisotopic (exact) mass is 420 g/mol. The molecule has 150 valence electrons. The summed E-state index contributed by atoms with van der Waals surface area (Å²) in [4.78, 5) is 25.8. The fraction of sp³-hybridized carbons (Fsp3) is 0.476. The number of carbonyl (C=O) groups excluding carboxylic acids is 1. The molecule has 2 heterocycles. The van der Waals surface area contributed by atoms with Gasteiger partial charge in [-0.25, -0.2) is 9.97 Å². The molecule has 0 aliphatic carbocycles. The molecule has 28 heavy (non-hydrogen) atoms. The van der Waals surface area contributed by atoms with Gasteiger partial charge in [-0.3, -0.25) is 4.79 Å². The summed E-state index contributed by atoms with van der Waals surface area (Å²) in [5.41, 5.74) is 1.38. The highest BCUT2D eigenvalue weighted by Crippen LogP contribution is 2.26. The Morgan fingerprint density at radius 3 is 2.39 bits per heavy atom. The van der Waals surface area contributed by atoms with Crippen molar-refractivity contribution in [2.45, 2.75) is 45.1 Å². The van der Waals surface area contributed by atoms with Crippen molar-refractivity contribution in [3.05, 3.63) is 51.8 Å². The molecule has 0 spiro atoms. The van der Waals surface area contributed by atoms with Crippen LogP contribution in [-0.4, -0.2) is 47.0 Å². The molecule has 3 rings (SSSR count). The summed E-state index contributed by atoms with van der Waals surface area (Å²) in [6, 6.07) is 7.68. The van der Waals surface area contributed by atoms with E-state index in [0.717, 1.165) is 31.5 Å². The van der Waals surface area contributed by atoms with E-state index >= 15 is 0 Å². The Morgan fingerprint density at radius 1 is 1.11 bits per heavy atom. The Morgan fingerprint density at radius 2 is 1.75 bits per heavy atom. The third kappa shape index (κ3) is 4.58. The molecule has 1 aromatic carbocycles. The highest BCUT2D eigenvalue weighted by Gasteiger charge is 2.27. The summed E-state index contributed by atoms with van der Waals surface area (Å²) in [5, 5.41) is 0.981. The first-order valence-corrected chi connectivity index (χ1v) is 10.4. The predicted molar refractivity (Wildman–Crippen MR) is 115 cm³/mol. The van der Waals surface area contributed by atoms with Crippen LogP contribution >= 0.6 is 23.2 Å². The topological polar surface area (TPSA) is 49.3 Å². The number of aromatic nitrogens is 2. The van der Waals surface area contributed by atoms with Gasteiger partial charge in [0.1, 0.15) is 0 Å². The van der Waals surface area contributed by atoms with Crippen LogP contribution in [-0.2, 0) is 0 Å². The number of amides is 1. The van der Waals surface area contributed by atoms with E-state index in [9.17, 15) is 4.79 Å². The lowest BCUT2D eigenvalue weighted by Gasteiger charge is -2.31. The largest absolute Gasteiger partial charge is 0.341 e. The number of hydrogen-bond donors (Lipinski definition) is 0. The first-order valence-electron chi connectivity index (χ1n) is 9.68. The van der Waals surface area contributed by atoms with Crippen molar-refractivity contribution < 1.29 is 4.79 Å². The summed E-state index contributed by atoms with van der Waals surface area (Å²) in [7, 11) is 1.79. The first-order chi connectivity index (χ1) is 13.4. The maximum atomic E-state index is 13.1. The Kier molecular flexibility index (Phi) is 6.78. The van der Waals surface area contributed by atoms with Crippen LogP contribution in [0, 0.1) is 0 Å². The van der Waals surface area contributed by atoms with Crippen molar-refractivity contribution in [3.63, 3.8) is 0 Å². The van der Waals surface area contributed by atoms with Crippen LogP contribution in [0.25, 0.3) is 0 Å². The van der Waals surface area contributed by atoms with Gasteiger partial charge in [0.25, 0.3) is 5.91 Å². The molecule has 1 amide bonds. The second-order valence-corrected chi connectivity index (χ2v) is 8.25. The molecule has 1 saturated heterocycles. The number of rotatable bonds is 5. The maximum Gasteiger partial charge on any atom is 0.274 e. The van der Waals surface area contributed by atoms with Crippen LogP contribution in [0.1, 0.15) is 55.1 Å². The van der Waals surface area contributed by atoms with E-state index < -0.39 is 0 Å². The van der Waals surface area contributed by atoms with Crippen molar-refractivity contribution in [2.75, 3.05) is 25.0 Å². The molecule has 0 radical (unpaired) electrons. The van der Waals surface area contributed by atoms with Gasteiger partial charge in [-0.1, -0.05) is 42.3 Å². The molecule has 0 bridgehead atoms. The van der Waals surface area contributed by atoms with Crippen LogP contribution in [0.2, 0.25) is 10.0 Å². The summed E-state index contributed by atoms with van der Waals surface area (Å²) in [5.74, 6) is 0.520. The molecular formula is C21H26Cl2N4O. The molecule has 1 aliphatic heterocycles. The normalized spacial score (nSPS) is 16.5. The van der Waals surface area contributed by atoms with E-state index in [-0.39, 0.29) is 28.6 Å². The van der Waals surface area contributed by atoms with E-state index in [1.807, 2.05) is 31.2 Å². The second kappa shape index (κ2) is 9.10. The van der Waals surface area contributed by atoms with Crippen LogP contribution in [0.4, 0.5) is 5.95 Å². The van der Waals surface area contributed by atoms with Crippen molar-refractivity contribution in [3.8, 4) is 0 Å². The summed E-state index contributed by atoms with van der Waals surface area (Å²) >= 11 is 12.3. The van der Waals surface area contributed by atoms with Crippen molar-refractivity contribution in [2.24, 2.45) is 0 Å². The third-order valence-electron chi connectivity index (χ3n) is 5.62. The van der Waals surface area contributed by atoms with Gasteiger partial charge in [0.15, 0.2) is 5.69 Å². The predicted octanol–water partition coefficient (Wildman–Crippen LogP) is 5.04. The molecule has 1 aromatic heterocycles. The fourth-order valence-electron chi connectivity index (χ4n) is 3.49. The van der Waals surface area contributed by atoms with Crippen molar-refractivity contribution in [1.29, 1.82) is 0 Å². The molecule has 0 unspecified atom stereocenters. The van der Waals surface area contributed by atoms with E-state index in [2.05, 4.69) is 21.8 Å². The smallest absolute Gasteiger partial charge is 0.274 e. The average Bonchev–Trinajstić information content (AvgIpc) is 2.73. The number of carbonyl (C=O) groups is 1. The van der Waals surface area contributed by atoms with E-state index in [4.69, 9.17) is 23.2 Å². The van der Waals surface area contributed by atoms with Crippen LogP contribution in [0.5, 0.6) is 0 Å². The molecule has 5 nitrogen and oxygen atoms in total. The number of halogens is 2. The molecule has 0 saturated carbocycles. The first kappa shape index (κ1) is 20.9. The Balaban J connectivity index is 1.79. The van der Waals surface area contributed by atoms with Crippen molar-refractivity contribution in [1.82, 2.24) is 14.9 Å². The summed E-state index contributed by atoms with van der Waals surface area (Å²) in [6.45, 7) is 5.94. The lowest BCUT2D eigenvalue weighted by molar-refractivity contribution is 0.0720. The summed E-state index contributed by atoms with van der Waals surface area (Å²) < 4.78 is 0. The Labute approximate surface area is 176 Å². The van der Waals surface area contributed by atoms with Gasteiger partial charge in [-0.2, -0.15) is 0 Å². The number of likely N-dealkylation sites (N-methyl/N-ethyl adjacent to an activating group) is 1. The molecule has 2 atom stereocenters. The van der Waals surface area contributed by atoms with Crippen LogP contribution < -0.4 is 4.90 Å². The zero-order valence-electron chi connectivity index (χ0n) is 16.5. The molecule has 7 heteroatoms. The number of benzene rings is 1. The highest BCUT2D eigenvalue weighted by molar-refractivity contribution is 6.33. The van der Waals surface area contributed by atoms with Gasteiger partial charge in [-0.05, 0) is 43.9 Å². The third-order valence-corrected chi connectivity index (χ3v) is 6.15. The van der Waals surface area contributed by atoms with Gasteiger partial charge in [0.05, 0.1) is 11.2 Å². The number of hydrogen-bond acceptors (Lipinski definition) is 4. The Bertz CT molecular complexity index is 822. The average molecular weight is 421 g/mol. The van der Waals surface area contributed by atoms with Gasteiger partial charge in [0.2, 0.25) is 5.95 Å². The van der Waals surface area contributed by atoms with Gasteiger partial charge in [-0.15, -0.1) is 0 Å². The molecular weight excluding hydrogens is 395 g/mol. The lowest BCUT2D eigenvalue weighted by atomic mass is 9.93. The minimum Gasteiger partial charge on any atom is -0.341 e. The maximum absolute atomic E-state index is 13.1. The number of nitrogens with zero attached hydrogens (tertiary/aromatic N) is 4. The van der Waals surface area contributed by atoms with Crippen LogP contribution in [0.3, 0.4) is 0 Å². The highest BCUT2D eigenvalue weighted by atomic mass is 35.5. The number of piperidine rings is 1. The van der Waals surface area contributed by atoms with Gasteiger partial charge >= 0.3 is 0 Å². The fourth-order valence-corrected chi connectivity index (χ4v) is 3.78. The van der Waals surface area contributed by atoms with Crippen molar-refractivity contribution >= 4 is 35.1 Å². The quantitative estimate of drug-likeness (QED) is 0.679. The molecule has 2 aromatic rings. The van der Waals surface area contributed by atoms with E-state index in [1.165, 1.54) is 12.6 Å². The SMILES string of the molecule is C[C@@H](c1ccc(Cl)cc1)[C@H](C)N(C)C(=O)c1nc(N2CCCCC2)ncc1Cl. The van der Waals surface area contributed by atoms with Gasteiger partial charge < -0.3 is 9.80 Å². The number of anilines is 1. The zero-order valence-corrected chi connectivity index (χ0v) is 18.0. The summed E-state index contributed by atoms with van der Waals surface area (Å²) in [6.07, 6.45) is 4.99. The standard InChI is InChI=1S/C21H26Cl2N4O/c1-14(16-7-9-17(22)10-8-16)15(2)26(3)20(28)19-18(23)13-24-21(25-19)27-11-5-4-6-12-27/h7-10,13-15H,4-6,11-12H2,1-3H3/t14-,15+/m1/s1. The Hall–Kier alpha value is -1.85. The van der Waals surface area contributed by atoms with Crippen LogP contribution in [0.15, 0.2) is 30.5 Å². The molecule has 0 N–H and O–H groups in total. The minimum atomic E-state index is -0.195. The van der Waals surface area contributed by atoms with E-state index in [1.54, 1.807) is 11.9 Å².